The first-order valence-electron chi connectivity index (χ1n) is 7.21. The molecule has 118 valence electrons. The zero-order valence-corrected chi connectivity index (χ0v) is 14.1. The van der Waals surface area contributed by atoms with E-state index in [9.17, 15) is 12.8 Å². The lowest BCUT2D eigenvalue weighted by Gasteiger charge is -2.27. The highest BCUT2D eigenvalue weighted by Crippen LogP contribution is 2.33. The summed E-state index contributed by atoms with van der Waals surface area (Å²) in [5.74, 6) is -0.464. The van der Waals surface area contributed by atoms with E-state index in [4.69, 9.17) is 11.6 Å². The van der Waals surface area contributed by atoms with Gasteiger partial charge in [-0.15, -0.1) is 11.6 Å². The van der Waals surface area contributed by atoms with Crippen LogP contribution >= 0.6 is 11.6 Å². The molecule has 0 amide bonds. The molecule has 0 aromatic heterocycles. The van der Waals surface area contributed by atoms with Gasteiger partial charge in [0.25, 0.3) is 0 Å². The number of halogens is 2. The number of nitrogens with zero attached hydrogens (tertiary/aromatic N) is 1. The average molecular weight is 334 g/mol. The molecule has 1 aromatic rings. The lowest BCUT2D eigenvalue weighted by molar-refractivity contribution is 0.328. The van der Waals surface area contributed by atoms with Gasteiger partial charge in [-0.3, -0.25) is 0 Å². The molecule has 0 aliphatic carbocycles. The van der Waals surface area contributed by atoms with E-state index in [2.05, 4.69) is 0 Å². The summed E-state index contributed by atoms with van der Waals surface area (Å²) in [7, 11) is -3.61. The molecule has 3 nitrogen and oxygen atoms in total. The van der Waals surface area contributed by atoms with Crippen LogP contribution in [0, 0.1) is 12.7 Å². The standard InChI is InChI=1S/C15H21ClFNO2S/c1-4-13-6-5-11(3)18(13)21(19,20)14-7-10(2)15(17)12(8-14)9-16/h7-8,11,13H,4-6,9H2,1-3H3. The van der Waals surface area contributed by atoms with Crippen molar-refractivity contribution in [3.63, 3.8) is 0 Å². The smallest absolute Gasteiger partial charge is 0.207 e. The van der Waals surface area contributed by atoms with E-state index in [-0.39, 0.29) is 28.4 Å². The second-order valence-corrected chi connectivity index (χ2v) is 7.78. The highest BCUT2D eigenvalue weighted by Gasteiger charge is 2.39. The van der Waals surface area contributed by atoms with Gasteiger partial charge >= 0.3 is 0 Å². The second-order valence-electron chi connectivity index (χ2n) is 5.67. The van der Waals surface area contributed by atoms with Crippen molar-refractivity contribution in [3.8, 4) is 0 Å². The third-order valence-electron chi connectivity index (χ3n) is 4.21. The van der Waals surface area contributed by atoms with Gasteiger partial charge in [0.05, 0.1) is 10.8 Å². The number of aryl methyl sites for hydroxylation is 1. The fraction of sp³-hybridized carbons (Fsp3) is 0.600. The fourth-order valence-corrected chi connectivity index (χ4v) is 5.32. The summed E-state index contributed by atoms with van der Waals surface area (Å²) < 4.78 is 41.3. The van der Waals surface area contributed by atoms with Crippen LogP contribution in [-0.4, -0.2) is 24.8 Å². The first-order valence-corrected chi connectivity index (χ1v) is 9.18. The van der Waals surface area contributed by atoms with Crippen molar-refractivity contribution < 1.29 is 12.8 Å². The van der Waals surface area contributed by atoms with E-state index in [0.717, 1.165) is 19.3 Å². The van der Waals surface area contributed by atoms with Crippen molar-refractivity contribution in [1.82, 2.24) is 4.31 Å². The molecule has 0 bridgehead atoms. The van der Waals surface area contributed by atoms with Crippen molar-refractivity contribution in [2.45, 2.75) is 62.9 Å². The lowest BCUT2D eigenvalue weighted by Crippen LogP contribution is -2.39. The summed E-state index contributed by atoms with van der Waals surface area (Å²) in [5, 5.41) is 0. The van der Waals surface area contributed by atoms with Crippen LogP contribution in [-0.2, 0) is 15.9 Å². The second kappa shape index (κ2) is 6.23. The third-order valence-corrected chi connectivity index (χ3v) is 6.54. The van der Waals surface area contributed by atoms with Crippen molar-refractivity contribution in [2.24, 2.45) is 0 Å². The molecule has 2 rings (SSSR count). The zero-order valence-electron chi connectivity index (χ0n) is 12.6. The summed E-state index contributed by atoms with van der Waals surface area (Å²) in [6.45, 7) is 5.48. The summed E-state index contributed by atoms with van der Waals surface area (Å²) in [6, 6.07) is 2.76. The van der Waals surface area contributed by atoms with Gasteiger partial charge in [0.15, 0.2) is 0 Å². The molecule has 2 unspecified atom stereocenters. The fourth-order valence-electron chi connectivity index (χ4n) is 3.04. The highest BCUT2D eigenvalue weighted by molar-refractivity contribution is 7.89. The highest BCUT2D eigenvalue weighted by atomic mass is 35.5. The Kier molecular flexibility index (Phi) is 4.96. The summed E-state index contributed by atoms with van der Waals surface area (Å²) >= 11 is 5.72. The number of benzene rings is 1. The molecular weight excluding hydrogens is 313 g/mol. The summed E-state index contributed by atoms with van der Waals surface area (Å²) in [6.07, 6.45) is 2.52. The molecule has 6 heteroatoms. The van der Waals surface area contributed by atoms with Crippen molar-refractivity contribution >= 4 is 21.6 Å². The van der Waals surface area contributed by atoms with Gasteiger partial charge in [-0.2, -0.15) is 4.31 Å². The normalized spacial score (nSPS) is 23.7. The third kappa shape index (κ3) is 2.96. The monoisotopic (exact) mass is 333 g/mol. The Morgan fingerprint density at radius 3 is 2.62 bits per heavy atom. The quantitative estimate of drug-likeness (QED) is 0.785. The molecule has 0 N–H and O–H groups in total. The summed E-state index contributed by atoms with van der Waals surface area (Å²) in [4.78, 5) is 0.143. The van der Waals surface area contributed by atoms with Crippen molar-refractivity contribution in [1.29, 1.82) is 0 Å². The molecule has 1 aliphatic heterocycles. The molecule has 1 aliphatic rings. The molecule has 1 aromatic carbocycles. The minimum Gasteiger partial charge on any atom is -0.207 e. The maximum absolute atomic E-state index is 13.9. The number of hydrogen-bond donors (Lipinski definition) is 0. The van der Waals surface area contributed by atoms with Crippen LogP contribution in [0.5, 0.6) is 0 Å². The molecule has 0 spiro atoms. The van der Waals surface area contributed by atoms with Crippen LogP contribution < -0.4 is 0 Å². The maximum Gasteiger partial charge on any atom is 0.243 e. The van der Waals surface area contributed by atoms with E-state index in [1.165, 1.54) is 12.1 Å². The van der Waals surface area contributed by atoms with Crippen molar-refractivity contribution in [2.75, 3.05) is 0 Å². The van der Waals surface area contributed by atoms with Crippen LogP contribution in [0.25, 0.3) is 0 Å². The molecule has 2 atom stereocenters. The van der Waals surface area contributed by atoms with Crippen LogP contribution in [0.4, 0.5) is 4.39 Å². The van der Waals surface area contributed by atoms with Crippen LogP contribution in [0.3, 0.4) is 0 Å². The maximum atomic E-state index is 13.9. The van der Waals surface area contributed by atoms with Crippen LogP contribution in [0.15, 0.2) is 17.0 Å². The molecule has 1 saturated heterocycles. The van der Waals surface area contributed by atoms with Gasteiger partial charge < -0.3 is 0 Å². The van der Waals surface area contributed by atoms with E-state index >= 15 is 0 Å². The van der Waals surface area contributed by atoms with Gasteiger partial charge in [-0.25, -0.2) is 12.8 Å². The topological polar surface area (TPSA) is 37.4 Å². The van der Waals surface area contributed by atoms with Crippen LogP contribution in [0.1, 0.15) is 44.2 Å². The predicted octanol–water partition coefficient (Wildman–Crippen LogP) is 3.82. The van der Waals surface area contributed by atoms with Gasteiger partial charge in [0, 0.05) is 17.6 Å². The summed E-state index contributed by atoms with van der Waals surface area (Å²) in [5.41, 5.74) is 0.543. The van der Waals surface area contributed by atoms with E-state index in [1.54, 1.807) is 11.2 Å². The Bertz CT molecular complexity index is 633. The first-order chi connectivity index (χ1) is 9.82. The molecule has 1 heterocycles. The average Bonchev–Trinajstić information content (AvgIpc) is 2.83. The Morgan fingerprint density at radius 2 is 2.05 bits per heavy atom. The predicted molar refractivity (Wildman–Crippen MR) is 82.5 cm³/mol. The number of alkyl halides is 1. The largest absolute Gasteiger partial charge is 0.243 e. The molecular formula is C15H21ClFNO2S. The Balaban J connectivity index is 2.51. The molecule has 0 radical (unpaired) electrons. The Hall–Kier alpha value is -0.650. The number of hydrogen-bond acceptors (Lipinski definition) is 2. The van der Waals surface area contributed by atoms with Gasteiger partial charge in [0.1, 0.15) is 5.82 Å². The van der Waals surface area contributed by atoms with E-state index in [0.29, 0.717) is 5.56 Å². The van der Waals surface area contributed by atoms with Gasteiger partial charge in [-0.1, -0.05) is 6.92 Å². The SMILES string of the molecule is CCC1CCC(C)N1S(=O)(=O)c1cc(C)c(F)c(CCl)c1. The van der Waals surface area contributed by atoms with Gasteiger partial charge in [0.2, 0.25) is 10.0 Å². The molecule has 21 heavy (non-hydrogen) atoms. The lowest BCUT2D eigenvalue weighted by atomic mass is 10.1. The molecule has 0 saturated carbocycles. The number of sulfonamides is 1. The van der Waals surface area contributed by atoms with E-state index < -0.39 is 15.8 Å². The Labute approximate surface area is 131 Å². The molecule has 1 fully saturated rings. The van der Waals surface area contributed by atoms with Crippen molar-refractivity contribution in [3.05, 3.63) is 29.1 Å². The number of rotatable bonds is 4. The van der Waals surface area contributed by atoms with E-state index in [1.807, 2.05) is 13.8 Å². The Morgan fingerprint density at radius 1 is 1.38 bits per heavy atom. The minimum absolute atomic E-state index is 0.0230. The first kappa shape index (κ1) is 16.7. The van der Waals surface area contributed by atoms with Crippen LogP contribution in [0.2, 0.25) is 0 Å². The minimum atomic E-state index is -3.61. The van der Waals surface area contributed by atoms with Gasteiger partial charge in [-0.05, 0) is 50.8 Å². The zero-order chi connectivity index (χ0) is 15.8.